The molecular formula is C22H30N4O5S. The molecule has 4 N–H and O–H groups in total. The molecule has 0 radical (unpaired) electrons. The number of nitrogens with zero attached hydrogens (tertiary/aromatic N) is 1. The molecule has 0 spiro atoms. The van der Waals surface area contributed by atoms with Crippen LogP contribution < -0.4 is 16.0 Å². The van der Waals surface area contributed by atoms with E-state index in [0.717, 1.165) is 18.5 Å². The maximum absolute atomic E-state index is 13.3. The van der Waals surface area contributed by atoms with Gasteiger partial charge in [0.25, 0.3) is 0 Å². The van der Waals surface area contributed by atoms with Gasteiger partial charge >= 0.3 is 5.97 Å². The van der Waals surface area contributed by atoms with Gasteiger partial charge in [-0.05, 0) is 37.8 Å². The summed E-state index contributed by atoms with van der Waals surface area (Å²) in [7, 11) is 0. The average Bonchev–Trinajstić information content (AvgIpc) is 3.49. The van der Waals surface area contributed by atoms with Crippen LogP contribution in [0.1, 0.15) is 31.2 Å². The van der Waals surface area contributed by atoms with Crippen molar-refractivity contribution < 1.29 is 24.3 Å². The van der Waals surface area contributed by atoms with Gasteiger partial charge in [-0.2, -0.15) is 12.6 Å². The maximum Gasteiger partial charge on any atom is 0.326 e. The molecule has 174 valence electrons. The van der Waals surface area contributed by atoms with Crippen molar-refractivity contribution in [3.8, 4) is 0 Å². The highest BCUT2D eigenvalue weighted by atomic mass is 32.1. The predicted molar refractivity (Wildman–Crippen MR) is 121 cm³/mol. The molecule has 2 aliphatic heterocycles. The fraction of sp³-hybridized carbons (Fsp3) is 0.545. The van der Waals surface area contributed by atoms with Crippen LogP contribution in [-0.4, -0.2) is 76.7 Å². The van der Waals surface area contributed by atoms with Gasteiger partial charge in [-0.3, -0.25) is 14.4 Å². The van der Waals surface area contributed by atoms with Gasteiger partial charge in [-0.1, -0.05) is 30.3 Å². The van der Waals surface area contributed by atoms with Crippen LogP contribution in [0, 0.1) is 0 Å². The third kappa shape index (κ3) is 6.01. The number of carboxylic acids is 1. The lowest BCUT2D eigenvalue weighted by Gasteiger charge is -2.29. The number of amides is 3. The van der Waals surface area contributed by atoms with Gasteiger partial charge in [-0.15, -0.1) is 0 Å². The monoisotopic (exact) mass is 462 g/mol. The fourth-order valence-electron chi connectivity index (χ4n) is 4.18. The van der Waals surface area contributed by atoms with Gasteiger partial charge < -0.3 is 26.0 Å². The van der Waals surface area contributed by atoms with E-state index in [-0.39, 0.29) is 24.1 Å². The van der Waals surface area contributed by atoms with Gasteiger partial charge in [0.05, 0.1) is 6.04 Å². The van der Waals surface area contributed by atoms with Crippen molar-refractivity contribution in [2.75, 3.05) is 18.8 Å². The first-order valence-electron chi connectivity index (χ1n) is 10.9. The van der Waals surface area contributed by atoms with E-state index in [2.05, 4.69) is 28.6 Å². The second kappa shape index (κ2) is 11.3. The molecule has 0 aliphatic carbocycles. The molecule has 0 saturated carbocycles. The summed E-state index contributed by atoms with van der Waals surface area (Å²) in [6.07, 6.45) is 2.79. The lowest BCUT2D eigenvalue weighted by molar-refractivity contribution is -0.149. The largest absolute Gasteiger partial charge is 0.480 e. The van der Waals surface area contributed by atoms with Crippen molar-refractivity contribution in [3.05, 3.63) is 35.9 Å². The molecule has 10 heteroatoms. The molecule has 1 aromatic carbocycles. The Labute approximate surface area is 192 Å². The zero-order valence-electron chi connectivity index (χ0n) is 17.8. The minimum Gasteiger partial charge on any atom is -0.480 e. The van der Waals surface area contributed by atoms with Crippen molar-refractivity contribution in [1.29, 1.82) is 0 Å². The van der Waals surface area contributed by atoms with E-state index in [1.165, 1.54) is 4.90 Å². The Balaban J connectivity index is 1.73. The Morgan fingerprint density at radius 2 is 1.84 bits per heavy atom. The van der Waals surface area contributed by atoms with E-state index < -0.39 is 35.9 Å². The minimum atomic E-state index is -1.05. The van der Waals surface area contributed by atoms with E-state index in [0.29, 0.717) is 25.8 Å². The molecule has 4 atom stereocenters. The molecule has 3 rings (SSSR count). The van der Waals surface area contributed by atoms with E-state index in [1.54, 1.807) is 0 Å². The summed E-state index contributed by atoms with van der Waals surface area (Å²) < 4.78 is 0. The van der Waals surface area contributed by atoms with Crippen LogP contribution in [0.15, 0.2) is 30.3 Å². The molecular weight excluding hydrogens is 432 g/mol. The first-order chi connectivity index (χ1) is 15.4. The number of hydrogen-bond donors (Lipinski definition) is 5. The van der Waals surface area contributed by atoms with Crippen molar-refractivity contribution in [2.45, 2.75) is 56.3 Å². The van der Waals surface area contributed by atoms with Crippen molar-refractivity contribution >= 4 is 36.3 Å². The second-order valence-corrected chi connectivity index (χ2v) is 8.54. The highest BCUT2D eigenvalue weighted by Gasteiger charge is 2.38. The van der Waals surface area contributed by atoms with E-state index >= 15 is 0 Å². The number of nitrogens with one attached hydrogen (secondary N) is 3. The molecule has 9 nitrogen and oxygen atoms in total. The molecule has 0 aromatic heterocycles. The van der Waals surface area contributed by atoms with Crippen molar-refractivity contribution in [1.82, 2.24) is 20.9 Å². The third-order valence-corrected chi connectivity index (χ3v) is 6.28. The number of aliphatic carboxylic acids is 1. The summed E-state index contributed by atoms with van der Waals surface area (Å²) in [5.41, 5.74) is 0.832. The highest BCUT2D eigenvalue weighted by Crippen LogP contribution is 2.20. The summed E-state index contributed by atoms with van der Waals surface area (Å²) in [6, 6.07) is 6.11. The topological polar surface area (TPSA) is 128 Å². The van der Waals surface area contributed by atoms with Gasteiger partial charge in [0, 0.05) is 18.7 Å². The number of carbonyl (C=O) groups excluding carboxylic acids is 3. The molecule has 32 heavy (non-hydrogen) atoms. The Kier molecular flexibility index (Phi) is 8.52. The van der Waals surface area contributed by atoms with Crippen molar-refractivity contribution in [3.63, 3.8) is 0 Å². The van der Waals surface area contributed by atoms with Crippen LogP contribution in [0.4, 0.5) is 0 Å². The smallest absolute Gasteiger partial charge is 0.326 e. The number of rotatable bonds is 9. The highest BCUT2D eigenvalue weighted by molar-refractivity contribution is 7.80. The Morgan fingerprint density at radius 1 is 1.09 bits per heavy atom. The van der Waals surface area contributed by atoms with Crippen LogP contribution >= 0.6 is 12.6 Å². The quantitative estimate of drug-likeness (QED) is 0.328. The van der Waals surface area contributed by atoms with Crippen LogP contribution in [-0.2, 0) is 25.6 Å². The van der Waals surface area contributed by atoms with Crippen LogP contribution in [0.3, 0.4) is 0 Å². The summed E-state index contributed by atoms with van der Waals surface area (Å²) in [4.78, 5) is 51.6. The maximum atomic E-state index is 13.3. The summed E-state index contributed by atoms with van der Waals surface area (Å²) >= 11 is 4.21. The average molecular weight is 463 g/mol. The van der Waals surface area contributed by atoms with E-state index in [9.17, 15) is 24.3 Å². The lowest BCUT2D eigenvalue weighted by Crippen LogP contribution is -2.58. The van der Waals surface area contributed by atoms with Crippen LogP contribution in [0.2, 0.25) is 0 Å². The summed E-state index contributed by atoms with van der Waals surface area (Å²) in [5, 5.41) is 18.0. The lowest BCUT2D eigenvalue weighted by atomic mass is 10.0. The number of benzene rings is 1. The minimum absolute atomic E-state index is 0.0675. The molecule has 3 amide bonds. The van der Waals surface area contributed by atoms with Gasteiger partial charge in [0.2, 0.25) is 17.7 Å². The third-order valence-electron chi connectivity index (χ3n) is 5.91. The van der Waals surface area contributed by atoms with E-state index in [1.807, 2.05) is 30.3 Å². The zero-order chi connectivity index (χ0) is 23.1. The molecule has 1 aromatic rings. The normalized spacial score (nSPS) is 22.2. The molecule has 2 fully saturated rings. The summed E-state index contributed by atoms with van der Waals surface area (Å²) in [6.45, 7) is 1.08. The van der Waals surface area contributed by atoms with E-state index in [4.69, 9.17) is 0 Å². The number of likely N-dealkylation sites (tertiary alicyclic amines) is 1. The Morgan fingerprint density at radius 3 is 2.47 bits per heavy atom. The fourth-order valence-corrected chi connectivity index (χ4v) is 4.44. The van der Waals surface area contributed by atoms with Gasteiger partial charge in [0.1, 0.15) is 18.1 Å². The molecule has 2 aliphatic rings. The summed E-state index contributed by atoms with van der Waals surface area (Å²) in [5.74, 6) is -2.21. The molecule has 2 heterocycles. The van der Waals surface area contributed by atoms with Crippen molar-refractivity contribution in [2.24, 2.45) is 0 Å². The number of carboxylic acid groups (broad SMARTS) is 1. The van der Waals surface area contributed by atoms with Gasteiger partial charge in [-0.25, -0.2) is 4.79 Å². The molecule has 2 saturated heterocycles. The first-order valence-corrected chi connectivity index (χ1v) is 11.6. The van der Waals surface area contributed by atoms with Crippen LogP contribution in [0.5, 0.6) is 0 Å². The molecule has 4 unspecified atom stereocenters. The number of carbonyl (C=O) groups is 4. The number of hydrogen-bond acceptors (Lipinski definition) is 6. The Bertz CT molecular complexity index is 831. The van der Waals surface area contributed by atoms with Gasteiger partial charge in [0.15, 0.2) is 0 Å². The first kappa shape index (κ1) is 24.1. The SMILES string of the molecule is O=C(NC(CS)C(=O)NC(Cc1ccccc1)C(=O)N1CCCC1C(=O)O)C1CCCN1. The molecule has 0 bridgehead atoms. The Hall–Kier alpha value is -2.59. The number of thiol groups is 1. The zero-order valence-corrected chi connectivity index (χ0v) is 18.7. The van der Waals surface area contributed by atoms with Crippen LogP contribution in [0.25, 0.3) is 0 Å². The standard InChI is InChI=1S/C22H30N4O5S/c27-19(15-8-4-10-23-15)25-17(13-32)20(28)24-16(12-14-6-2-1-3-7-14)21(29)26-11-5-9-18(26)22(30)31/h1-3,6-7,15-18,23,32H,4-5,8-13H2,(H,24,28)(H,25,27)(H,30,31). The second-order valence-electron chi connectivity index (χ2n) is 8.17. The predicted octanol–water partition coefficient (Wildman–Crippen LogP) is -0.0439.